The summed E-state index contributed by atoms with van der Waals surface area (Å²) in [5.41, 5.74) is 2.43. The Morgan fingerprint density at radius 3 is 2.46 bits per heavy atom. The number of nitrogens with zero attached hydrogens (tertiary/aromatic N) is 3. The van der Waals surface area contributed by atoms with Crippen LogP contribution in [0.5, 0.6) is 0 Å². The maximum Gasteiger partial charge on any atom is 0.254 e. The zero-order chi connectivity index (χ0) is 18.7. The highest BCUT2D eigenvalue weighted by atomic mass is 35.5. The second-order valence-corrected chi connectivity index (χ2v) is 6.92. The first-order valence-corrected chi connectivity index (χ1v) is 9.08. The van der Waals surface area contributed by atoms with Crippen molar-refractivity contribution in [1.29, 1.82) is 0 Å². The predicted molar refractivity (Wildman–Crippen MR) is 98.2 cm³/mol. The lowest BCUT2D eigenvalue weighted by molar-refractivity contribution is -0.132. The van der Waals surface area contributed by atoms with E-state index in [1.54, 1.807) is 29.2 Å². The molecule has 1 aromatic heterocycles. The average Bonchev–Trinajstić information content (AvgIpc) is 2.97. The molecule has 6 nitrogen and oxygen atoms in total. The average molecular weight is 376 g/mol. The molecule has 138 valence electrons. The van der Waals surface area contributed by atoms with Gasteiger partial charge in [-0.1, -0.05) is 22.8 Å². The molecule has 3 rings (SSSR count). The van der Waals surface area contributed by atoms with Gasteiger partial charge in [0, 0.05) is 48.7 Å². The van der Waals surface area contributed by atoms with Crippen molar-refractivity contribution in [2.24, 2.45) is 0 Å². The van der Waals surface area contributed by atoms with Gasteiger partial charge in [-0.15, -0.1) is 0 Å². The lowest BCUT2D eigenvalue weighted by Gasteiger charge is -2.35. The van der Waals surface area contributed by atoms with Crippen LogP contribution in [-0.4, -0.2) is 52.9 Å². The number of aromatic nitrogens is 1. The van der Waals surface area contributed by atoms with Crippen molar-refractivity contribution in [3.63, 3.8) is 0 Å². The largest absolute Gasteiger partial charge is 0.361 e. The molecule has 0 N–H and O–H groups in total. The second kappa shape index (κ2) is 7.91. The normalized spacial score (nSPS) is 14.6. The molecule has 1 aromatic carbocycles. The van der Waals surface area contributed by atoms with Gasteiger partial charge in [-0.2, -0.15) is 0 Å². The fourth-order valence-electron chi connectivity index (χ4n) is 3.21. The zero-order valence-corrected chi connectivity index (χ0v) is 15.8. The van der Waals surface area contributed by atoms with Crippen molar-refractivity contribution in [1.82, 2.24) is 15.0 Å². The van der Waals surface area contributed by atoms with E-state index in [2.05, 4.69) is 5.16 Å². The Bertz CT molecular complexity index is 791. The minimum atomic E-state index is -0.0460. The molecule has 2 aromatic rings. The third kappa shape index (κ3) is 4.07. The van der Waals surface area contributed by atoms with E-state index >= 15 is 0 Å². The van der Waals surface area contributed by atoms with Crippen molar-refractivity contribution in [3.05, 3.63) is 51.9 Å². The van der Waals surface area contributed by atoms with E-state index in [1.807, 2.05) is 18.7 Å². The first-order valence-electron chi connectivity index (χ1n) is 8.70. The summed E-state index contributed by atoms with van der Waals surface area (Å²) in [6.07, 6.45) is 1.05. The molecular weight excluding hydrogens is 354 g/mol. The number of amides is 2. The zero-order valence-electron chi connectivity index (χ0n) is 15.0. The van der Waals surface area contributed by atoms with Crippen LogP contribution in [0.4, 0.5) is 0 Å². The van der Waals surface area contributed by atoms with Crippen molar-refractivity contribution < 1.29 is 14.1 Å². The quantitative estimate of drug-likeness (QED) is 0.824. The molecule has 0 aliphatic carbocycles. The first-order chi connectivity index (χ1) is 12.5. The molecule has 1 fully saturated rings. The van der Waals surface area contributed by atoms with Gasteiger partial charge in [0.25, 0.3) is 5.91 Å². The maximum absolute atomic E-state index is 12.5. The van der Waals surface area contributed by atoms with Crippen LogP contribution in [0.25, 0.3) is 0 Å². The minimum absolute atomic E-state index is 0.0460. The summed E-state index contributed by atoms with van der Waals surface area (Å²) in [5, 5.41) is 4.46. The van der Waals surface area contributed by atoms with E-state index in [1.165, 1.54) is 0 Å². The molecule has 2 amide bonds. The number of aryl methyl sites for hydroxylation is 2. The Morgan fingerprint density at radius 2 is 1.85 bits per heavy atom. The highest BCUT2D eigenvalue weighted by Crippen LogP contribution is 2.17. The van der Waals surface area contributed by atoms with Gasteiger partial charge >= 0.3 is 0 Å². The van der Waals surface area contributed by atoms with E-state index in [0.29, 0.717) is 49.6 Å². The third-order valence-electron chi connectivity index (χ3n) is 4.76. The summed E-state index contributed by atoms with van der Waals surface area (Å²) in [7, 11) is 0. The monoisotopic (exact) mass is 375 g/mol. The Kier molecular flexibility index (Phi) is 5.61. The van der Waals surface area contributed by atoms with Crippen LogP contribution < -0.4 is 0 Å². The van der Waals surface area contributed by atoms with Gasteiger partial charge in [0.2, 0.25) is 5.91 Å². The number of hydrogen-bond acceptors (Lipinski definition) is 4. The standard InChI is InChI=1S/C19H22ClN3O3/c1-13-17(14(2)26-21-13)6-7-18(24)22-8-10-23(11-9-22)19(25)15-4-3-5-16(20)12-15/h3-5,12H,6-11H2,1-2H3. The molecule has 7 heteroatoms. The van der Waals surface area contributed by atoms with E-state index in [9.17, 15) is 9.59 Å². The number of carbonyl (C=O) groups is 2. The van der Waals surface area contributed by atoms with Crippen molar-refractivity contribution in [3.8, 4) is 0 Å². The number of rotatable bonds is 4. The molecule has 0 radical (unpaired) electrons. The molecule has 0 bridgehead atoms. The Morgan fingerprint density at radius 1 is 1.15 bits per heavy atom. The number of carbonyl (C=O) groups excluding carboxylic acids is 2. The van der Waals surface area contributed by atoms with E-state index < -0.39 is 0 Å². The van der Waals surface area contributed by atoms with Crippen molar-refractivity contribution >= 4 is 23.4 Å². The van der Waals surface area contributed by atoms with E-state index in [-0.39, 0.29) is 11.8 Å². The van der Waals surface area contributed by atoms with Gasteiger partial charge < -0.3 is 14.3 Å². The van der Waals surface area contributed by atoms with Crippen LogP contribution in [0.1, 0.15) is 33.8 Å². The SMILES string of the molecule is Cc1noc(C)c1CCC(=O)N1CCN(C(=O)c2cccc(Cl)c2)CC1. The summed E-state index contributed by atoms with van der Waals surface area (Å²) in [6.45, 7) is 5.90. The van der Waals surface area contributed by atoms with Crippen molar-refractivity contribution in [2.75, 3.05) is 26.2 Å². The molecule has 26 heavy (non-hydrogen) atoms. The molecule has 1 saturated heterocycles. The highest BCUT2D eigenvalue weighted by molar-refractivity contribution is 6.30. The molecule has 0 atom stereocenters. The predicted octanol–water partition coefficient (Wildman–Crippen LogP) is 2.86. The van der Waals surface area contributed by atoms with E-state index in [4.69, 9.17) is 16.1 Å². The van der Waals surface area contributed by atoms with Gasteiger partial charge in [0.05, 0.1) is 5.69 Å². The van der Waals surface area contributed by atoms with Gasteiger partial charge in [0.15, 0.2) is 0 Å². The number of benzene rings is 1. The van der Waals surface area contributed by atoms with Crippen LogP contribution >= 0.6 is 11.6 Å². The Hall–Kier alpha value is -2.34. The van der Waals surface area contributed by atoms with Crippen LogP contribution in [0.2, 0.25) is 5.02 Å². The highest BCUT2D eigenvalue weighted by Gasteiger charge is 2.25. The molecular formula is C19H22ClN3O3. The second-order valence-electron chi connectivity index (χ2n) is 6.49. The minimum Gasteiger partial charge on any atom is -0.361 e. The first kappa shape index (κ1) is 18.5. The molecule has 1 aliphatic heterocycles. The van der Waals surface area contributed by atoms with Gasteiger partial charge in [-0.05, 0) is 38.5 Å². The molecule has 0 unspecified atom stereocenters. The van der Waals surface area contributed by atoms with Crippen LogP contribution in [0.3, 0.4) is 0 Å². The van der Waals surface area contributed by atoms with Crippen LogP contribution in [-0.2, 0) is 11.2 Å². The van der Waals surface area contributed by atoms with E-state index in [0.717, 1.165) is 17.0 Å². The van der Waals surface area contributed by atoms with Gasteiger partial charge in [0.1, 0.15) is 5.76 Å². The number of halogens is 1. The molecule has 0 spiro atoms. The molecule has 1 aliphatic rings. The van der Waals surface area contributed by atoms with Crippen molar-refractivity contribution in [2.45, 2.75) is 26.7 Å². The fraction of sp³-hybridized carbons (Fsp3) is 0.421. The summed E-state index contributed by atoms with van der Waals surface area (Å²) < 4.78 is 5.14. The fourth-order valence-corrected chi connectivity index (χ4v) is 3.40. The number of piperazine rings is 1. The number of hydrogen-bond donors (Lipinski definition) is 0. The lowest BCUT2D eigenvalue weighted by atomic mass is 10.1. The van der Waals surface area contributed by atoms with Crippen LogP contribution in [0, 0.1) is 13.8 Å². The third-order valence-corrected chi connectivity index (χ3v) is 5.00. The summed E-state index contributed by atoms with van der Waals surface area (Å²) in [4.78, 5) is 28.6. The lowest BCUT2D eigenvalue weighted by Crippen LogP contribution is -2.50. The molecule has 2 heterocycles. The maximum atomic E-state index is 12.5. The van der Waals surface area contributed by atoms with Gasteiger partial charge in [-0.3, -0.25) is 9.59 Å². The smallest absolute Gasteiger partial charge is 0.254 e. The van der Waals surface area contributed by atoms with Crippen LogP contribution in [0.15, 0.2) is 28.8 Å². The topological polar surface area (TPSA) is 66.7 Å². The summed E-state index contributed by atoms with van der Waals surface area (Å²) >= 11 is 5.96. The summed E-state index contributed by atoms with van der Waals surface area (Å²) in [5.74, 6) is 0.822. The van der Waals surface area contributed by atoms with Gasteiger partial charge in [-0.25, -0.2) is 0 Å². The summed E-state index contributed by atoms with van der Waals surface area (Å²) in [6, 6.07) is 6.94. The Balaban J connectivity index is 1.51. The molecule has 0 saturated carbocycles. The Labute approximate surface area is 157 Å².